The van der Waals surface area contributed by atoms with E-state index in [0.29, 0.717) is 0 Å². The molecule has 94 valence electrons. The zero-order valence-corrected chi connectivity index (χ0v) is 10.6. The molecule has 3 aromatic rings. The molecule has 1 heterocycles. The summed E-state index contributed by atoms with van der Waals surface area (Å²) in [5.74, 6) is 0.836. The van der Waals surface area contributed by atoms with Crippen LogP contribution < -0.4 is 10.6 Å². The number of hydrogen-bond donors (Lipinski definition) is 1. The second-order valence-corrected chi connectivity index (χ2v) is 4.41. The molecule has 0 bridgehead atoms. The monoisotopic (exact) mass is 250 g/mol. The number of hydrogen-bond acceptors (Lipinski definition) is 4. The molecule has 4 heteroatoms. The molecule has 0 fully saturated rings. The molecule has 0 amide bonds. The SMILES string of the molecule is CN(c1ccc(N)cc1)c1nncc2ccccc12. The molecule has 0 saturated heterocycles. The molecule has 0 atom stereocenters. The summed E-state index contributed by atoms with van der Waals surface area (Å²) in [4.78, 5) is 2.01. The van der Waals surface area contributed by atoms with Crippen molar-refractivity contribution >= 4 is 28.0 Å². The number of rotatable bonds is 2. The third-order valence-corrected chi connectivity index (χ3v) is 3.15. The Kier molecular flexibility index (Phi) is 2.76. The number of fused-ring (bicyclic) bond motifs is 1. The van der Waals surface area contributed by atoms with Crippen molar-refractivity contribution in [3.8, 4) is 0 Å². The van der Waals surface area contributed by atoms with Crippen LogP contribution in [0.3, 0.4) is 0 Å². The molecule has 2 aromatic carbocycles. The number of nitrogens with two attached hydrogens (primary N) is 1. The van der Waals surface area contributed by atoms with Crippen molar-refractivity contribution in [2.24, 2.45) is 0 Å². The Hall–Kier alpha value is -2.62. The summed E-state index contributed by atoms with van der Waals surface area (Å²) in [7, 11) is 1.97. The zero-order chi connectivity index (χ0) is 13.2. The average Bonchev–Trinajstić information content (AvgIpc) is 2.47. The molecule has 4 nitrogen and oxygen atoms in total. The van der Waals surface area contributed by atoms with Crippen molar-refractivity contribution in [3.63, 3.8) is 0 Å². The van der Waals surface area contributed by atoms with Gasteiger partial charge in [-0.25, -0.2) is 0 Å². The van der Waals surface area contributed by atoms with Crippen molar-refractivity contribution in [1.29, 1.82) is 0 Å². The second-order valence-electron chi connectivity index (χ2n) is 4.41. The van der Waals surface area contributed by atoms with Crippen LogP contribution in [0.1, 0.15) is 0 Å². The fourth-order valence-electron chi connectivity index (χ4n) is 2.08. The molecule has 1 aromatic heterocycles. The number of nitrogens with zero attached hydrogens (tertiary/aromatic N) is 3. The maximum absolute atomic E-state index is 5.71. The molecule has 0 aliphatic rings. The number of aromatic nitrogens is 2. The Morgan fingerprint density at radius 1 is 1.00 bits per heavy atom. The maximum atomic E-state index is 5.71. The summed E-state index contributed by atoms with van der Waals surface area (Å²) < 4.78 is 0. The predicted molar refractivity (Wildman–Crippen MR) is 78.5 cm³/mol. The normalized spacial score (nSPS) is 10.6. The lowest BCUT2D eigenvalue weighted by Gasteiger charge is -2.19. The highest BCUT2D eigenvalue weighted by atomic mass is 15.2. The van der Waals surface area contributed by atoms with Crippen molar-refractivity contribution in [1.82, 2.24) is 10.2 Å². The first-order valence-corrected chi connectivity index (χ1v) is 6.05. The fraction of sp³-hybridized carbons (Fsp3) is 0.0667. The Morgan fingerprint density at radius 2 is 1.74 bits per heavy atom. The highest BCUT2D eigenvalue weighted by molar-refractivity contribution is 5.93. The van der Waals surface area contributed by atoms with Gasteiger partial charge in [-0.2, -0.15) is 5.10 Å². The van der Waals surface area contributed by atoms with Gasteiger partial charge in [-0.1, -0.05) is 24.3 Å². The summed E-state index contributed by atoms with van der Waals surface area (Å²) in [6.07, 6.45) is 1.77. The second kappa shape index (κ2) is 4.57. The van der Waals surface area contributed by atoms with Crippen LogP contribution in [0.2, 0.25) is 0 Å². The fourth-order valence-corrected chi connectivity index (χ4v) is 2.08. The highest BCUT2D eigenvalue weighted by Gasteiger charge is 2.09. The van der Waals surface area contributed by atoms with Crippen LogP contribution in [0, 0.1) is 0 Å². The summed E-state index contributed by atoms with van der Waals surface area (Å²) >= 11 is 0. The quantitative estimate of drug-likeness (QED) is 0.710. The van der Waals surface area contributed by atoms with Crippen molar-refractivity contribution in [2.45, 2.75) is 0 Å². The van der Waals surface area contributed by atoms with E-state index >= 15 is 0 Å². The smallest absolute Gasteiger partial charge is 0.163 e. The van der Waals surface area contributed by atoms with Crippen LogP contribution in [0.4, 0.5) is 17.2 Å². The topological polar surface area (TPSA) is 55.0 Å². The van der Waals surface area contributed by atoms with Crippen LogP contribution in [0.25, 0.3) is 10.8 Å². The molecule has 19 heavy (non-hydrogen) atoms. The Labute approximate surface area is 111 Å². The van der Waals surface area contributed by atoms with Gasteiger partial charge in [0.05, 0.1) is 6.20 Å². The lowest BCUT2D eigenvalue weighted by Crippen LogP contribution is -2.12. The summed E-state index contributed by atoms with van der Waals surface area (Å²) in [6.45, 7) is 0. The zero-order valence-electron chi connectivity index (χ0n) is 10.6. The summed E-state index contributed by atoms with van der Waals surface area (Å²) in [6, 6.07) is 15.8. The summed E-state index contributed by atoms with van der Waals surface area (Å²) in [5.41, 5.74) is 7.49. The first kappa shape index (κ1) is 11.5. The molecule has 0 radical (unpaired) electrons. The first-order chi connectivity index (χ1) is 9.25. The van der Waals surface area contributed by atoms with E-state index < -0.39 is 0 Å². The van der Waals surface area contributed by atoms with E-state index in [9.17, 15) is 0 Å². The third kappa shape index (κ3) is 2.08. The van der Waals surface area contributed by atoms with E-state index in [4.69, 9.17) is 5.73 Å². The third-order valence-electron chi connectivity index (χ3n) is 3.15. The lowest BCUT2D eigenvalue weighted by atomic mass is 10.2. The maximum Gasteiger partial charge on any atom is 0.163 e. The van der Waals surface area contributed by atoms with E-state index in [0.717, 1.165) is 28.0 Å². The van der Waals surface area contributed by atoms with Gasteiger partial charge in [0.15, 0.2) is 5.82 Å². The molecule has 3 rings (SSSR count). The molecule has 0 unspecified atom stereocenters. The summed E-state index contributed by atoms with van der Waals surface area (Å²) in [5, 5.41) is 10.5. The molecular weight excluding hydrogens is 236 g/mol. The van der Waals surface area contributed by atoms with Gasteiger partial charge < -0.3 is 10.6 Å². The van der Waals surface area contributed by atoms with Gasteiger partial charge in [0.25, 0.3) is 0 Å². The van der Waals surface area contributed by atoms with Gasteiger partial charge in [-0.3, -0.25) is 0 Å². The van der Waals surface area contributed by atoms with Gasteiger partial charge in [-0.15, -0.1) is 5.10 Å². The molecule has 2 N–H and O–H groups in total. The molecule has 0 spiro atoms. The van der Waals surface area contributed by atoms with E-state index in [-0.39, 0.29) is 0 Å². The molecular formula is C15H14N4. The van der Waals surface area contributed by atoms with E-state index in [1.165, 1.54) is 0 Å². The molecule has 0 saturated carbocycles. The van der Waals surface area contributed by atoms with Gasteiger partial charge in [-0.05, 0) is 24.3 Å². The van der Waals surface area contributed by atoms with Gasteiger partial charge >= 0.3 is 0 Å². The number of benzene rings is 2. The minimum atomic E-state index is 0.751. The first-order valence-electron chi connectivity index (χ1n) is 6.05. The van der Waals surface area contributed by atoms with Crippen molar-refractivity contribution in [3.05, 3.63) is 54.7 Å². The Morgan fingerprint density at radius 3 is 2.53 bits per heavy atom. The standard InChI is InChI=1S/C15H14N4/c1-19(13-8-6-12(16)7-9-13)15-14-5-3-2-4-11(14)10-17-18-15/h2-10H,16H2,1H3. The predicted octanol–water partition coefficient (Wildman–Crippen LogP) is 2.98. The minimum absolute atomic E-state index is 0.751. The van der Waals surface area contributed by atoms with Crippen LogP contribution in [0.15, 0.2) is 54.7 Å². The minimum Gasteiger partial charge on any atom is -0.399 e. The number of nitrogen functional groups attached to an aromatic ring is 1. The van der Waals surface area contributed by atoms with Gasteiger partial charge in [0.1, 0.15) is 0 Å². The van der Waals surface area contributed by atoms with Crippen LogP contribution in [0.5, 0.6) is 0 Å². The van der Waals surface area contributed by atoms with E-state index in [1.54, 1.807) is 6.20 Å². The van der Waals surface area contributed by atoms with Crippen LogP contribution in [-0.4, -0.2) is 17.2 Å². The van der Waals surface area contributed by atoms with Crippen molar-refractivity contribution in [2.75, 3.05) is 17.7 Å². The Bertz CT molecular complexity index is 701. The largest absolute Gasteiger partial charge is 0.399 e. The van der Waals surface area contributed by atoms with Crippen LogP contribution in [-0.2, 0) is 0 Å². The molecule has 0 aliphatic carbocycles. The van der Waals surface area contributed by atoms with Gasteiger partial charge in [0.2, 0.25) is 0 Å². The molecule has 0 aliphatic heterocycles. The van der Waals surface area contributed by atoms with E-state index in [2.05, 4.69) is 10.2 Å². The average molecular weight is 250 g/mol. The Balaban J connectivity index is 2.11. The van der Waals surface area contributed by atoms with Gasteiger partial charge in [0, 0.05) is 29.2 Å². The highest BCUT2D eigenvalue weighted by Crippen LogP contribution is 2.28. The lowest BCUT2D eigenvalue weighted by molar-refractivity contribution is 1.01. The van der Waals surface area contributed by atoms with Crippen LogP contribution >= 0.6 is 0 Å². The number of anilines is 3. The van der Waals surface area contributed by atoms with E-state index in [1.807, 2.05) is 60.5 Å². The van der Waals surface area contributed by atoms with Crippen molar-refractivity contribution < 1.29 is 0 Å².